The van der Waals surface area contributed by atoms with Crippen LogP contribution in [-0.2, 0) is 16.0 Å². The van der Waals surface area contributed by atoms with Crippen molar-refractivity contribution < 1.29 is 27.5 Å². The summed E-state index contributed by atoms with van der Waals surface area (Å²) < 4.78 is 41.0. The number of alkyl halides is 3. The smallest absolute Gasteiger partial charge is 0.406 e. The first kappa shape index (κ1) is 18.1. The fraction of sp³-hybridized carbons (Fsp3) is 0.500. The van der Waals surface area contributed by atoms with Crippen LogP contribution in [0.3, 0.4) is 0 Å². The molecule has 1 saturated heterocycles. The second-order valence-electron chi connectivity index (χ2n) is 5.53. The van der Waals surface area contributed by atoms with Gasteiger partial charge in [-0.05, 0) is 25.0 Å². The molecule has 1 atom stereocenters. The second kappa shape index (κ2) is 7.55. The van der Waals surface area contributed by atoms with Crippen molar-refractivity contribution in [3.63, 3.8) is 0 Å². The van der Waals surface area contributed by atoms with Gasteiger partial charge in [-0.1, -0.05) is 18.2 Å². The Labute approximate surface area is 137 Å². The minimum atomic E-state index is -4.76. The highest BCUT2D eigenvalue weighted by molar-refractivity contribution is 5.89. The number of para-hydroxylation sites is 1. The van der Waals surface area contributed by atoms with Crippen LogP contribution in [0, 0.1) is 5.92 Å². The molecule has 1 unspecified atom stereocenters. The van der Waals surface area contributed by atoms with Crippen LogP contribution < -0.4 is 10.1 Å². The molecule has 8 heteroatoms. The third-order valence-electron chi connectivity index (χ3n) is 3.86. The van der Waals surface area contributed by atoms with Gasteiger partial charge < -0.3 is 15.0 Å². The van der Waals surface area contributed by atoms with Gasteiger partial charge >= 0.3 is 6.36 Å². The Morgan fingerprint density at radius 1 is 1.38 bits per heavy atom. The number of hydrogen-bond donors (Lipinski definition) is 1. The summed E-state index contributed by atoms with van der Waals surface area (Å²) in [7, 11) is 0. The summed E-state index contributed by atoms with van der Waals surface area (Å²) >= 11 is 0. The molecule has 2 amide bonds. The molecule has 1 heterocycles. The summed E-state index contributed by atoms with van der Waals surface area (Å²) in [6.07, 6.45) is -4.38. The number of nitrogens with zero attached hydrogens (tertiary/aromatic N) is 1. The number of benzene rings is 1. The molecule has 0 bridgehead atoms. The molecule has 1 aliphatic heterocycles. The molecule has 2 rings (SSSR count). The monoisotopic (exact) mass is 344 g/mol. The van der Waals surface area contributed by atoms with Gasteiger partial charge in [0.15, 0.2) is 0 Å². The van der Waals surface area contributed by atoms with Crippen molar-refractivity contribution in [1.29, 1.82) is 0 Å². The summed E-state index contributed by atoms with van der Waals surface area (Å²) in [5, 5.41) is 2.67. The predicted molar refractivity (Wildman–Crippen MR) is 80.2 cm³/mol. The van der Waals surface area contributed by atoms with Gasteiger partial charge in [-0.15, -0.1) is 13.2 Å². The lowest BCUT2D eigenvalue weighted by Crippen LogP contribution is -2.34. The lowest BCUT2D eigenvalue weighted by atomic mass is 10.1. The largest absolute Gasteiger partial charge is 0.573 e. The van der Waals surface area contributed by atoms with Crippen LogP contribution in [0.5, 0.6) is 5.75 Å². The molecular weight excluding hydrogens is 325 g/mol. The molecule has 24 heavy (non-hydrogen) atoms. The van der Waals surface area contributed by atoms with Crippen molar-refractivity contribution in [2.24, 2.45) is 5.92 Å². The van der Waals surface area contributed by atoms with Crippen LogP contribution in [-0.4, -0.2) is 42.7 Å². The summed E-state index contributed by atoms with van der Waals surface area (Å²) in [5.41, 5.74) is 0.354. The molecule has 0 radical (unpaired) electrons. The average molecular weight is 344 g/mol. The molecule has 0 aromatic heterocycles. The molecule has 0 saturated carbocycles. The van der Waals surface area contributed by atoms with E-state index in [0.29, 0.717) is 18.7 Å². The van der Waals surface area contributed by atoms with E-state index in [4.69, 9.17) is 0 Å². The molecule has 132 valence electrons. The number of halogens is 3. The molecule has 0 spiro atoms. The molecule has 0 aliphatic carbocycles. The first-order chi connectivity index (χ1) is 11.3. The molecule has 1 aliphatic rings. The van der Waals surface area contributed by atoms with Gasteiger partial charge in [0.25, 0.3) is 0 Å². The Morgan fingerprint density at radius 2 is 2.08 bits per heavy atom. The van der Waals surface area contributed by atoms with Crippen molar-refractivity contribution >= 4 is 11.8 Å². The fourth-order valence-electron chi connectivity index (χ4n) is 2.65. The van der Waals surface area contributed by atoms with Gasteiger partial charge in [0.05, 0.1) is 5.92 Å². The first-order valence-electron chi connectivity index (χ1n) is 7.69. The summed E-state index contributed by atoms with van der Waals surface area (Å²) in [6.45, 7) is 2.96. The van der Waals surface area contributed by atoms with Crippen LogP contribution >= 0.6 is 0 Å². The second-order valence-corrected chi connectivity index (χ2v) is 5.53. The zero-order valence-electron chi connectivity index (χ0n) is 13.2. The fourth-order valence-corrected chi connectivity index (χ4v) is 2.65. The molecular formula is C16H19F3N2O3. The Bertz CT molecular complexity index is 604. The van der Waals surface area contributed by atoms with E-state index >= 15 is 0 Å². The van der Waals surface area contributed by atoms with Crippen molar-refractivity contribution in [2.45, 2.75) is 26.1 Å². The minimum absolute atomic E-state index is 0.0541. The van der Waals surface area contributed by atoms with Gasteiger partial charge in [-0.2, -0.15) is 0 Å². The molecule has 1 N–H and O–H groups in total. The topological polar surface area (TPSA) is 58.6 Å². The number of rotatable bonds is 6. The zero-order chi connectivity index (χ0) is 17.7. The Hall–Kier alpha value is -2.25. The summed E-state index contributed by atoms with van der Waals surface area (Å²) in [4.78, 5) is 25.3. The highest BCUT2D eigenvalue weighted by Crippen LogP contribution is 2.26. The number of carbonyl (C=O) groups excluding carboxylic acids is 2. The first-order valence-corrected chi connectivity index (χ1v) is 7.69. The van der Waals surface area contributed by atoms with E-state index in [1.807, 2.05) is 6.92 Å². The summed E-state index contributed by atoms with van der Waals surface area (Å²) in [6, 6.07) is 5.81. The maximum Gasteiger partial charge on any atom is 0.573 e. The van der Waals surface area contributed by atoms with E-state index in [-0.39, 0.29) is 37.0 Å². The molecule has 1 aromatic carbocycles. The highest BCUT2D eigenvalue weighted by Gasteiger charge is 2.33. The van der Waals surface area contributed by atoms with Crippen molar-refractivity contribution in [3.05, 3.63) is 29.8 Å². The van der Waals surface area contributed by atoms with Crippen molar-refractivity contribution in [3.8, 4) is 5.75 Å². The van der Waals surface area contributed by atoms with Gasteiger partial charge in [-0.3, -0.25) is 9.59 Å². The van der Waals surface area contributed by atoms with Gasteiger partial charge in [0.2, 0.25) is 11.8 Å². The van der Waals surface area contributed by atoms with Crippen LogP contribution in [0.2, 0.25) is 0 Å². The molecule has 5 nitrogen and oxygen atoms in total. The maximum atomic E-state index is 12.4. The lowest BCUT2D eigenvalue weighted by Gasteiger charge is -2.15. The quantitative estimate of drug-likeness (QED) is 0.860. The standard InChI is InChI=1S/C16H19F3N2O3/c1-2-21-10-12(9-14(21)22)15(23)20-8-7-11-5-3-4-6-13(11)24-16(17,18)19/h3-6,12H,2,7-10H2,1H3,(H,20,23). The Morgan fingerprint density at radius 3 is 2.71 bits per heavy atom. The number of likely N-dealkylation sites (tertiary alicyclic amines) is 1. The molecule has 1 aromatic rings. The SMILES string of the molecule is CCN1CC(C(=O)NCCc2ccccc2OC(F)(F)F)CC1=O. The number of hydrogen-bond acceptors (Lipinski definition) is 3. The van der Waals surface area contributed by atoms with E-state index in [9.17, 15) is 22.8 Å². The maximum absolute atomic E-state index is 12.4. The number of carbonyl (C=O) groups is 2. The summed E-state index contributed by atoms with van der Waals surface area (Å²) in [5.74, 6) is -0.985. The number of amides is 2. The van der Waals surface area contributed by atoms with Gasteiger partial charge in [0.1, 0.15) is 5.75 Å². The normalized spacial score (nSPS) is 17.9. The van der Waals surface area contributed by atoms with Crippen molar-refractivity contribution in [2.75, 3.05) is 19.6 Å². The Kier molecular flexibility index (Phi) is 5.69. The average Bonchev–Trinajstić information content (AvgIpc) is 2.88. The predicted octanol–water partition coefficient (Wildman–Crippen LogP) is 2.11. The van der Waals surface area contributed by atoms with E-state index in [1.54, 1.807) is 11.0 Å². The number of nitrogens with one attached hydrogen (secondary N) is 1. The highest BCUT2D eigenvalue weighted by atomic mass is 19.4. The van der Waals surface area contributed by atoms with Gasteiger partial charge in [-0.25, -0.2) is 0 Å². The lowest BCUT2D eigenvalue weighted by molar-refractivity contribution is -0.274. The third-order valence-corrected chi connectivity index (χ3v) is 3.86. The van der Waals surface area contributed by atoms with Crippen LogP contribution in [0.25, 0.3) is 0 Å². The third kappa shape index (κ3) is 4.87. The minimum Gasteiger partial charge on any atom is -0.406 e. The van der Waals surface area contributed by atoms with Crippen molar-refractivity contribution in [1.82, 2.24) is 10.2 Å². The van der Waals surface area contributed by atoms with Crippen LogP contribution in [0.4, 0.5) is 13.2 Å². The van der Waals surface area contributed by atoms with E-state index in [1.165, 1.54) is 18.2 Å². The van der Waals surface area contributed by atoms with E-state index in [0.717, 1.165) is 0 Å². The zero-order valence-corrected chi connectivity index (χ0v) is 13.2. The van der Waals surface area contributed by atoms with E-state index in [2.05, 4.69) is 10.1 Å². The van der Waals surface area contributed by atoms with Gasteiger partial charge in [0, 0.05) is 26.1 Å². The van der Waals surface area contributed by atoms with E-state index < -0.39 is 12.3 Å². The Balaban J connectivity index is 1.86. The van der Waals surface area contributed by atoms with Crippen LogP contribution in [0.1, 0.15) is 18.9 Å². The molecule has 1 fully saturated rings. The van der Waals surface area contributed by atoms with Crippen LogP contribution in [0.15, 0.2) is 24.3 Å². The number of ether oxygens (including phenoxy) is 1.